The minimum Gasteiger partial charge on any atom is -0.475 e. The summed E-state index contributed by atoms with van der Waals surface area (Å²) in [4.78, 5) is 18.4. The Morgan fingerprint density at radius 3 is 2.00 bits per heavy atom. The standard InChI is InChI=1S/C3H9N3O.C2HF3O2/c1-6(5-7)3-2-4;3-2(4,5)1(6)7/h2-4H2,1H3;(H,6,7). The highest BCUT2D eigenvalue weighted by Crippen LogP contribution is 2.13. The van der Waals surface area contributed by atoms with Gasteiger partial charge >= 0.3 is 12.1 Å². The van der Waals surface area contributed by atoms with Crippen molar-refractivity contribution in [1.29, 1.82) is 0 Å². The summed E-state index contributed by atoms with van der Waals surface area (Å²) in [5, 5.41) is 11.0. The molecule has 0 aromatic heterocycles. The van der Waals surface area contributed by atoms with Crippen LogP contribution in [0.4, 0.5) is 13.2 Å². The summed E-state index contributed by atoms with van der Waals surface area (Å²) >= 11 is 0. The first kappa shape index (κ1) is 15.1. The van der Waals surface area contributed by atoms with Gasteiger partial charge in [-0.25, -0.2) is 4.79 Å². The van der Waals surface area contributed by atoms with E-state index in [1.54, 1.807) is 7.05 Å². The van der Waals surface area contributed by atoms with Crippen LogP contribution in [-0.4, -0.2) is 42.4 Å². The fraction of sp³-hybridized carbons (Fsp3) is 0.800. The molecule has 0 saturated heterocycles. The average Bonchev–Trinajstić information content (AvgIpc) is 2.04. The summed E-state index contributed by atoms with van der Waals surface area (Å²) in [6.07, 6.45) is -5.08. The van der Waals surface area contributed by atoms with Crippen LogP contribution in [0.15, 0.2) is 5.29 Å². The zero-order valence-electron chi connectivity index (χ0n) is 7.28. The van der Waals surface area contributed by atoms with Gasteiger partial charge in [0.15, 0.2) is 0 Å². The van der Waals surface area contributed by atoms with Crippen LogP contribution in [0.3, 0.4) is 0 Å². The summed E-state index contributed by atoms with van der Waals surface area (Å²) in [7, 11) is 1.58. The molecule has 0 aliphatic rings. The number of likely N-dealkylation sites (N-methyl/N-ethyl adjacent to an activating group) is 1. The van der Waals surface area contributed by atoms with E-state index in [2.05, 4.69) is 5.29 Å². The van der Waals surface area contributed by atoms with E-state index in [1.165, 1.54) is 5.01 Å². The molecule has 0 fully saturated rings. The highest BCUT2D eigenvalue weighted by Gasteiger charge is 2.38. The van der Waals surface area contributed by atoms with Crippen molar-refractivity contribution in [3.63, 3.8) is 0 Å². The molecule has 0 aliphatic carbocycles. The van der Waals surface area contributed by atoms with Crippen LogP contribution in [0, 0.1) is 4.91 Å². The van der Waals surface area contributed by atoms with Crippen molar-refractivity contribution in [3.05, 3.63) is 4.91 Å². The molecule has 3 N–H and O–H groups in total. The van der Waals surface area contributed by atoms with Crippen LogP contribution in [0.2, 0.25) is 0 Å². The lowest BCUT2D eigenvalue weighted by Crippen LogP contribution is -2.21. The molecule has 6 nitrogen and oxygen atoms in total. The van der Waals surface area contributed by atoms with Gasteiger partial charge in [0.05, 0.1) is 11.8 Å². The Hall–Kier alpha value is -1.38. The van der Waals surface area contributed by atoms with Gasteiger partial charge in [-0.2, -0.15) is 13.2 Å². The van der Waals surface area contributed by atoms with E-state index in [4.69, 9.17) is 15.6 Å². The van der Waals surface area contributed by atoms with Crippen molar-refractivity contribution in [1.82, 2.24) is 5.01 Å². The molecule has 0 atom stereocenters. The molecular formula is C5H10F3N3O3. The summed E-state index contributed by atoms with van der Waals surface area (Å²) in [5.41, 5.74) is 5.06. The summed E-state index contributed by atoms with van der Waals surface area (Å²) in [6, 6.07) is 0. The normalized spacial score (nSPS) is 9.79. The number of nitroso groups, excluding NO2 is 1. The molecule has 0 heterocycles. The number of carbonyl (C=O) groups is 1. The highest BCUT2D eigenvalue weighted by molar-refractivity contribution is 5.73. The number of aliphatic carboxylic acids is 1. The van der Waals surface area contributed by atoms with Gasteiger partial charge < -0.3 is 10.8 Å². The molecular weight excluding hydrogens is 207 g/mol. The van der Waals surface area contributed by atoms with Gasteiger partial charge in [-0.1, -0.05) is 0 Å². The summed E-state index contributed by atoms with van der Waals surface area (Å²) < 4.78 is 31.7. The van der Waals surface area contributed by atoms with Crippen LogP contribution in [0.25, 0.3) is 0 Å². The van der Waals surface area contributed by atoms with Crippen molar-refractivity contribution in [2.75, 3.05) is 20.1 Å². The van der Waals surface area contributed by atoms with Crippen LogP contribution in [0.1, 0.15) is 0 Å². The Kier molecular flexibility index (Phi) is 7.62. The molecule has 14 heavy (non-hydrogen) atoms. The maximum Gasteiger partial charge on any atom is 0.490 e. The topological polar surface area (TPSA) is 96.0 Å². The lowest BCUT2D eigenvalue weighted by atomic mass is 10.6. The number of carboxylic acid groups (broad SMARTS) is 1. The second kappa shape index (κ2) is 7.06. The van der Waals surface area contributed by atoms with Crippen LogP contribution >= 0.6 is 0 Å². The van der Waals surface area contributed by atoms with E-state index in [9.17, 15) is 18.1 Å². The maximum absolute atomic E-state index is 10.6. The monoisotopic (exact) mass is 217 g/mol. The van der Waals surface area contributed by atoms with Gasteiger partial charge in [0, 0.05) is 13.6 Å². The molecule has 0 radical (unpaired) electrons. The molecule has 0 bridgehead atoms. The average molecular weight is 217 g/mol. The first-order valence-corrected chi connectivity index (χ1v) is 3.30. The predicted molar refractivity (Wildman–Crippen MR) is 41.2 cm³/mol. The molecule has 0 aromatic rings. The van der Waals surface area contributed by atoms with Gasteiger partial charge in [-0.05, 0) is 0 Å². The maximum atomic E-state index is 10.6. The fourth-order valence-electron chi connectivity index (χ4n) is 0.228. The number of halogens is 3. The Labute approximate surface area is 77.4 Å². The van der Waals surface area contributed by atoms with E-state index in [1.807, 2.05) is 0 Å². The molecule has 0 rings (SSSR count). The summed E-state index contributed by atoms with van der Waals surface area (Å²) in [6.45, 7) is 1.01. The minimum absolute atomic E-state index is 0.474. The van der Waals surface area contributed by atoms with Gasteiger partial charge in [0.2, 0.25) is 0 Å². The number of hydrogen-bond acceptors (Lipinski definition) is 4. The minimum atomic E-state index is -5.08. The lowest BCUT2D eigenvalue weighted by Gasteiger charge is -2.02. The lowest BCUT2D eigenvalue weighted by molar-refractivity contribution is -0.192. The number of nitrogens with two attached hydrogens (primary N) is 1. The fourth-order valence-corrected chi connectivity index (χ4v) is 0.228. The molecule has 0 saturated carbocycles. The second-order valence-corrected chi connectivity index (χ2v) is 2.05. The predicted octanol–water partition coefficient (Wildman–Crippen LogP) is 0.192. The Morgan fingerprint density at radius 1 is 1.57 bits per heavy atom. The van der Waals surface area contributed by atoms with Crippen molar-refractivity contribution >= 4 is 5.97 Å². The van der Waals surface area contributed by atoms with E-state index in [-0.39, 0.29) is 0 Å². The zero-order valence-corrected chi connectivity index (χ0v) is 7.28. The van der Waals surface area contributed by atoms with Crippen molar-refractivity contribution in [2.45, 2.75) is 6.18 Å². The third-order valence-electron chi connectivity index (χ3n) is 0.835. The van der Waals surface area contributed by atoms with Crippen LogP contribution < -0.4 is 5.73 Å². The van der Waals surface area contributed by atoms with E-state index in [0.29, 0.717) is 13.1 Å². The van der Waals surface area contributed by atoms with E-state index >= 15 is 0 Å². The molecule has 0 amide bonds. The number of hydrogen-bond donors (Lipinski definition) is 2. The molecule has 0 spiro atoms. The second-order valence-electron chi connectivity index (χ2n) is 2.05. The zero-order chi connectivity index (χ0) is 11.8. The third kappa shape index (κ3) is 10.6. The Bertz CT molecular complexity index is 185. The quantitative estimate of drug-likeness (QED) is 0.519. The molecule has 0 aromatic carbocycles. The molecule has 0 aliphatic heterocycles. The Morgan fingerprint density at radius 2 is 1.93 bits per heavy atom. The van der Waals surface area contributed by atoms with Gasteiger partial charge in [-0.15, -0.1) is 4.91 Å². The Balaban J connectivity index is 0. The van der Waals surface area contributed by atoms with Gasteiger partial charge in [-0.3, -0.25) is 5.01 Å². The summed E-state index contributed by atoms with van der Waals surface area (Å²) in [5.74, 6) is -2.76. The first-order chi connectivity index (χ1) is 6.25. The molecule has 0 unspecified atom stereocenters. The van der Waals surface area contributed by atoms with Crippen molar-refractivity contribution in [3.8, 4) is 0 Å². The number of nitrogens with zero attached hydrogens (tertiary/aromatic N) is 2. The van der Waals surface area contributed by atoms with Crippen LogP contribution in [-0.2, 0) is 4.79 Å². The highest BCUT2D eigenvalue weighted by atomic mass is 19.4. The molecule has 9 heteroatoms. The first-order valence-electron chi connectivity index (χ1n) is 3.30. The van der Waals surface area contributed by atoms with Gasteiger partial charge in [0.1, 0.15) is 0 Å². The smallest absolute Gasteiger partial charge is 0.475 e. The largest absolute Gasteiger partial charge is 0.490 e. The number of rotatable bonds is 3. The molecule has 84 valence electrons. The van der Waals surface area contributed by atoms with Gasteiger partial charge in [0.25, 0.3) is 0 Å². The third-order valence-corrected chi connectivity index (χ3v) is 0.835. The van der Waals surface area contributed by atoms with Crippen molar-refractivity contribution < 1.29 is 23.1 Å². The van der Waals surface area contributed by atoms with E-state index < -0.39 is 12.1 Å². The number of carboxylic acids is 1. The SMILES string of the molecule is CN(CCN)N=O.O=C(O)C(F)(F)F. The van der Waals surface area contributed by atoms with Crippen LogP contribution in [0.5, 0.6) is 0 Å². The number of alkyl halides is 3. The van der Waals surface area contributed by atoms with E-state index in [0.717, 1.165) is 0 Å². The van der Waals surface area contributed by atoms with Crippen molar-refractivity contribution in [2.24, 2.45) is 11.0 Å².